The van der Waals surface area contributed by atoms with E-state index in [-0.39, 0.29) is 11.8 Å². The zero-order valence-electron chi connectivity index (χ0n) is 10.3. The second-order valence-corrected chi connectivity index (χ2v) is 4.76. The molecule has 1 atom stereocenters. The predicted octanol–water partition coefficient (Wildman–Crippen LogP) is 2.46. The lowest BCUT2D eigenvalue weighted by Gasteiger charge is -2.30. The van der Waals surface area contributed by atoms with E-state index >= 15 is 0 Å². The Labute approximate surface area is 106 Å². The van der Waals surface area contributed by atoms with Crippen molar-refractivity contribution in [3.05, 3.63) is 35.1 Å². The van der Waals surface area contributed by atoms with Gasteiger partial charge in [0.1, 0.15) is 5.82 Å². The van der Waals surface area contributed by atoms with Crippen molar-refractivity contribution in [3.8, 4) is 6.07 Å². The summed E-state index contributed by atoms with van der Waals surface area (Å²) in [5.74, 6) is -0.270. The molecular weight excluding hydrogens is 231 g/mol. The van der Waals surface area contributed by atoms with Gasteiger partial charge in [0, 0.05) is 19.0 Å². The molecule has 0 spiro atoms. The van der Waals surface area contributed by atoms with Gasteiger partial charge in [-0.15, -0.1) is 0 Å². The van der Waals surface area contributed by atoms with Crippen molar-refractivity contribution in [2.24, 2.45) is 5.92 Å². The molecule has 1 aromatic carbocycles. The Morgan fingerprint density at radius 1 is 1.50 bits per heavy atom. The van der Waals surface area contributed by atoms with E-state index in [1.807, 2.05) is 13.0 Å². The van der Waals surface area contributed by atoms with Crippen LogP contribution < -0.4 is 0 Å². The van der Waals surface area contributed by atoms with Gasteiger partial charge >= 0.3 is 0 Å². The van der Waals surface area contributed by atoms with Crippen LogP contribution in [0.4, 0.5) is 4.39 Å². The highest BCUT2D eigenvalue weighted by Crippen LogP contribution is 2.20. The largest absolute Gasteiger partial charge is 0.338 e. The van der Waals surface area contributed by atoms with E-state index in [0.29, 0.717) is 24.2 Å². The average molecular weight is 246 g/mol. The number of hydrogen-bond donors (Lipinski definition) is 0. The molecule has 1 aliphatic heterocycles. The van der Waals surface area contributed by atoms with E-state index in [9.17, 15) is 9.18 Å². The number of nitriles is 1. The van der Waals surface area contributed by atoms with Crippen molar-refractivity contribution in [2.75, 3.05) is 6.54 Å². The van der Waals surface area contributed by atoms with Gasteiger partial charge in [0.05, 0.1) is 11.6 Å². The Kier molecular flexibility index (Phi) is 3.61. The smallest absolute Gasteiger partial charge is 0.225 e. The van der Waals surface area contributed by atoms with Crippen LogP contribution in [0.1, 0.15) is 30.9 Å². The number of hydrogen-bond acceptors (Lipinski definition) is 2. The minimum absolute atomic E-state index is 0.0442. The van der Waals surface area contributed by atoms with Crippen LogP contribution in [0.5, 0.6) is 0 Å². The van der Waals surface area contributed by atoms with Crippen LogP contribution in [0.2, 0.25) is 0 Å². The molecule has 1 fully saturated rings. The Hall–Kier alpha value is -1.89. The first kappa shape index (κ1) is 12.6. The molecule has 1 saturated heterocycles. The summed E-state index contributed by atoms with van der Waals surface area (Å²) in [5, 5.41) is 8.79. The fourth-order valence-electron chi connectivity index (χ4n) is 2.32. The summed E-state index contributed by atoms with van der Waals surface area (Å²) in [6.45, 7) is 3.01. The van der Waals surface area contributed by atoms with E-state index < -0.39 is 5.82 Å². The van der Waals surface area contributed by atoms with Gasteiger partial charge in [-0.05, 0) is 36.6 Å². The Morgan fingerprint density at radius 2 is 2.28 bits per heavy atom. The number of halogens is 1. The standard InChI is InChI=1S/C14H15FN2O/c1-10-3-2-4-17(14(10)18)9-12-5-11(8-16)6-13(15)7-12/h5-7,10H,2-4,9H2,1H3. The molecule has 18 heavy (non-hydrogen) atoms. The van der Waals surface area contributed by atoms with Gasteiger partial charge in [-0.2, -0.15) is 5.26 Å². The molecule has 0 N–H and O–H groups in total. The van der Waals surface area contributed by atoms with E-state index in [0.717, 1.165) is 12.8 Å². The van der Waals surface area contributed by atoms with Gasteiger partial charge in [-0.3, -0.25) is 4.79 Å². The number of rotatable bonds is 2. The normalized spacial score (nSPS) is 19.7. The highest BCUT2D eigenvalue weighted by molar-refractivity contribution is 5.79. The average Bonchev–Trinajstić information content (AvgIpc) is 2.34. The molecule has 0 bridgehead atoms. The number of amides is 1. The summed E-state index contributed by atoms with van der Waals surface area (Å²) in [4.78, 5) is 13.7. The van der Waals surface area contributed by atoms with E-state index in [4.69, 9.17) is 5.26 Å². The van der Waals surface area contributed by atoms with Crippen molar-refractivity contribution in [3.63, 3.8) is 0 Å². The molecule has 1 unspecified atom stereocenters. The summed E-state index contributed by atoms with van der Waals surface area (Å²) >= 11 is 0. The summed E-state index contributed by atoms with van der Waals surface area (Å²) in [6, 6.07) is 6.14. The number of benzene rings is 1. The summed E-state index contributed by atoms with van der Waals surface area (Å²) in [6.07, 6.45) is 1.90. The SMILES string of the molecule is CC1CCCN(Cc2cc(F)cc(C#N)c2)C1=O. The number of likely N-dealkylation sites (tertiary alicyclic amines) is 1. The van der Waals surface area contributed by atoms with Crippen LogP contribution in [0, 0.1) is 23.1 Å². The first-order valence-corrected chi connectivity index (χ1v) is 6.08. The number of nitrogens with zero attached hydrogens (tertiary/aromatic N) is 2. The van der Waals surface area contributed by atoms with E-state index in [1.165, 1.54) is 12.1 Å². The molecule has 1 aromatic rings. The van der Waals surface area contributed by atoms with Crippen LogP contribution in [0.15, 0.2) is 18.2 Å². The Morgan fingerprint density at radius 3 is 3.00 bits per heavy atom. The molecule has 0 saturated carbocycles. The molecular formula is C14H15FN2O. The maximum Gasteiger partial charge on any atom is 0.225 e. The zero-order chi connectivity index (χ0) is 13.1. The highest BCUT2D eigenvalue weighted by Gasteiger charge is 2.25. The van der Waals surface area contributed by atoms with Gasteiger partial charge < -0.3 is 4.90 Å². The van der Waals surface area contributed by atoms with Crippen LogP contribution in [-0.2, 0) is 11.3 Å². The van der Waals surface area contributed by atoms with Crippen LogP contribution in [0.3, 0.4) is 0 Å². The van der Waals surface area contributed by atoms with Gasteiger partial charge in [-0.1, -0.05) is 6.92 Å². The minimum Gasteiger partial charge on any atom is -0.338 e. The topological polar surface area (TPSA) is 44.1 Å². The lowest BCUT2D eigenvalue weighted by atomic mass is 9.98. The number of carbonyl (C=O) groups is 1. The molecule has 1 amide bonds. The van der Waals surface area contributed by atoms with Gasteiger partial charge in [0.25, 0.3) is 0 Å². The zero-order valence-corrected chi connectivity index (χ0v) is 10.3. The maximum absolute atomic E-state index is 13.3. The van der Waals surface area contributed by atoms with Crippen molar-refractivity contribution >= 4 is 5.91 Å². The second-order valence-electron chi connectivity index (χ2n) is 4.76. The predicted molar refractivity (Wildman–Crippen MR) is 64.9 cm³/mol. The molecule has 2 rings (SSSR count). The summed E-state index contributed by atoms with van der Waals surface area (Å²) < 4.78 is 13.3. The summed E-state index contributed by atoms with van der Waals surface area (Å²) in [5.41, 5.74) is 0.969. The van der Waals surface area contributed by atoms with Crippen molar-refractivity contribution in [1.29, 1.82) is 5.26 Å². The lowest BCUT2D eigenvalue weighted by molar-refractivity contribution is -0.138. The Bertz CT molecular complexity index is 507. The van der Waals surface area contributed by atoms with Gasteiger partial charge in [0.2, 0.25) is 5.91 Å². The first-order valence-electron chi connectivity index (χ1n) is 6.08. The summed E-state index contributed by atoms with van der Waals surface area (Å²) in [7, 11) is 0. The molecule has 0 aromatic heterocycles. The molecule has 0 radical (unpaired) electrons. The fraction of sp³-hybridized carbons (Fsp3) is 0.429. The Balaban J connectivity index is 2.16. The number of piperidine rings is 1. The third-order valence-electron chi connectivity index (χ3n) is 3.26. The fourth-order valence-corrected chi connectivity index (χ4v) is 2.32. The first-order chi connectivity index (χ1) is 8.60. The third-order valence-corrected chi connectivity index (χ3v) is 3.26. The quantitative estimate of drug-likeness (QED) is 0.804. The number of carbonyl (C=O) groups excluding carboxylic acids is 1. The van der Waals surface area contributed by atoms with E-state index in [2.05, 4.69) is 0 Å². The lowest BCUT2D eigenvalue weighted by Crippen LogP contribution is -2.39. The van der Waals surface area contributed by atoms with Gasteiger partial charge in [-0.25, -0.2) is 4.39 Å². The van der Waals surface area contributed by atoms with Crippen molar-refractivity contribution < 1.29 is 9.18 Å². The van der Waals surface area contributed by atoms with Crippen molar-refractivity contribution in [2.45, 2.75) is 26.3 Å². The van der Waals surface area contributed by atoms with Crippen LogP contribution in [0.25, 0.3) is 0 Å². The second kappa shape index (κ2) is 5.18. The van der Waals surface area contributed by atoms with Crippen LogP contribution in [-0.4, -0.2) is 17.4 Å². The monoisotopic (exact) mass is 246 g/mol. The third kappa shape index (κ3) is 2.67. The van der Waals surface area contributed by atoms with Gasteiger partial charge in [0.15, 0.2) is 0 Å². The maximum atomic E-state index is 13.3. The van der Waals surface area contributed by atoms with E-state index in [1.54, 1.807) is 11.0 Å². The molecule has 1 heterocycles. The minimum atomic E-state index is -0.429. The molecule has 94 valence electrons. The molecule has 3 nitrogen and oxygen atoms in total. The molecule has 4 heteroatoms. The van der Waals surface area contributed by atoms with Crippen LogP contribution >= 0.6 is 0 Å². The van der Waals surface area contributed by atoms with Crippen molar-refractivity contribution in [1.82, 2.24) is 4.90 Å². The molecule has 0 aliphatic carbocycles. The highest BCUT2D eigenvalue weighted by atomic mass is 19.1. The molecule has 1 aliphatic rings.